The van der Waals surface area contributed by atoms with Crippen LogP contribution in [0.2, 0.25) is 0 Å². The molecule has 1 aromatic carbocycles. The number of aromatic hydroxyl groups is 2. The number of rotatable bonds is 15. The first-order valence-electron chi connectivity index (χ1n) is 12.3. The number of phenolic OH excluding ortho intramolecular Hbond substituents is 2. The second kappa shape index (κ2) is 11.3. The average molecular weight is 403 g/mol. The standard InChI is InChI=1S/C27H46O2/c1-5-26(2,3)18-12-8-6-10-14-22-16-17-24(28)25(29)23(22)15-11-7-9-13-19-27(4)20-21-27/h16-17,28-29H,5-15,18-21H2,1-4H3. The van der Waals surface area contributed by atoms with Crippen LogP contribution in [0, 0.1) is 10.8 Å². The van der Waals surface area contributed by atoms with Crippen LogP contribution in [0.1, 0.15) is 122 Å². The molecule has 0 saturated heterocycles. The molecule has 0 heterocycles. The van der Waals surface area contributed by atoms with Crippen LogP contribution in [0.3, 0.4) is 0 Å². The molecular weight excluding hydrogens is 356 g/mol. The number of benzene rings is 1. The summed E-state index contributed by atoms with van der Waals surface area (Å²) in [5.74, 6) is 0.157. The summed E-state index contributed by atoms with van der Waals surface area (Å²) >= 11 is 0. The largest absolute Gasteiger partial charge is 0.504 e. The first-order valence-corrected chi connectivity index (χ1v) is 12.3. The summed E-state index contributed by atoms with van der Waals surface area (Å²) in [4.78, 5) is 0. The van der Waals surface area contributed by atoms with Crippen molar-refractivity contribution in [2.45, 2.75) is 124 Å². The molecule has 2 N–H and O–H groups in total. The van der Waals surface area contributed by atoms with Gasteiger partial charge in [-0.3, -0.25) is 0 Å². The molecule has 2 heteroatoms. The van der Waals surface area contributed by atoms with E-state index in [4.69, 9.17) is 0 Å². The van der Waals surface area contributed by atoms with E-state index in [1.807, 2.05) is 6.07 Å². The van der Waals surface area contributed by atoms with Gasteiger partial charge in [0.2, 0.25) is 0 Å². The lowest BCUT2D eigenvalue weighted by Crippen LogP contribution is -2.08. The molecule has 2 rings (SSSR count). The van der Waals surface area contributed by atoms with Gasteiger partial charge in [-0.25, -0.2) is 0 Å². The van der Waals surface area contributed by atoms with Crippen LogP contribution in [-0.2, 0) is 12.8 Å². The number of unbranched alkanes of at least 4 members (excludes halogenated alkanes) is 6. The maximum atomic E-state index is 10.4. The van der Waals surface area contributed by atoms with E-state index in [1.165, 1.54) is 82.6 Å². The van der Waals surface area contributed by atoms with Gasteiger partial charge in [0.15, 0.2) is 11.5 Å². The third-order valence-corrected chi connectivity index (χ3v) is 7.43. The number of hydrogen-bond acceptors (Lipinski definition) is 2. The molecule has 0 amide bonds. The van der Waals surface area contributed by atoms with E-state index >= 15 is 0 Å². The fraction of sp³-hybridized carbons (Fsp3) is 0.778. The second-order valence-corrected chi connectivity index (χ2v) is 10.7. The highest BCUT2D eigenvalue weighted by Gasteiger charge is 2.35. The number of aryl methyl sites for hydroxylation is 1. The molecular formula is C27H46O2. The summed E-state index contributed by atoms with van der Waals surface area (Å²) in [7, 11) is 0. The van der Waals surface area contributed by atoms with E-state index in [9.17, 15) is 10.2 Å². The molecule has 1 aromatic rings. The molecule has 1 aliphatic rings. The fourth-order valence-corrected chi connectivity index (χ4v) is 4.30. The van der Waals surface area contributed by atoms with Gasteiger partial charge in [0.1, 0.15) is 0 Å². The Morgan fingerprint density at radius 3 is 2.14 bits per heavy atom. The Balaban J connectivity index is 1.71. The predicted molar refractivity (Wildman–Crippen MR) is 125 cm³/mol. The zero-order valence-corrected chi connectivity index (χ0v) is 19.7. The Morgan fingerprint density at radius 2 is 1.48 bits per heavy atom. The first kappa shape index (κ1) is 24.1. The lowest BCUT2D eigenvalue weighted by molar-refractivity contribution is 0.307. The highest BCUT2D eigenvalue weighted by molar-refractivity contribution is 5.49. The third-order valence-electron chi connectivity index (χ3n) is 7.43. The highest BCUT2D eigenvalue weighted by Crippen LogP contribution is 2.49. The smallest absolute Gasteiger partial charge is 0.160 e. The van der Waals surface area contributed by atoms with Crippen molar-refractivity contribution in [3.8, 4) is 11.5 Å². The predicted octanol–water partition coefficient (Wildman–Crippen LogP) is 8.32. The first-order chi connectivity index (χ1) is 13.8. The third kappa shape index (κ3) is 8.60. The van der Waals surface area contributed by atoms with Gasteiger partial charge >= 0.3 is 0 Å². The zero-order chi connectivity index (χ0) is 21.3. The molecule has 1 aliphatic carbocycles. The minimum atomic E-state index is 0.0344. The molecule has 29 heavy (non-hydrogen) atoms. The fourth-order valence-electron chi connectivity index (χ4n) is 4.30. The monoisotopic (exact) mass is 402 g/mol. The number of phenols is 2. The normalized spacial score (nSPS) is 15.6. The number of hydrogen-bond donors (Lipinski definition) is 2. The van der Waals surface area contributed by atoms with Crippen LogP contribution in [0.25, 0.3) is 0 Å². The van der Waals surface area contributed by atoms with Gasteiger partial charge in [0.25, 0.3) is 0 Å². The molecule has 0 aromatic heterocycles. The Morgan fingerprint density at radius 1 is 0.862 bits per heavy atom. The lowest BCUT2D eigenvalue weighted by Gasteiger charge is -2.22. The van der Waals surface area contributed by atoms with Crippen LogP contribution in [-0.4, -0.2) is 10.2 Å². The van der Waals surface area contributed by atoms with Gasteiger partial charge in [-0.2, -0.15) is 0 Å². The van der Waals surface area contributed by atoms with Crippen LogP contribution in [0.5, 0.6) is 11.5 Å². The Labute approximate surface area is 180 Å². The Hall–Kier alpha value is -1.18. The summed E-state index contributed by atoms with van der Waals surface area (Å²) in [6, 6.07) is 3.69. The SMILES string of the molecule is CCC(C)(C)CCCCCCc1ccc(O)c(O)c1CCCCCCC1(C)CC1. The van der Waals surface area contributed by atoms with Crippen LogP contribution >= 0.6 is 0 Å². The maximum absolute atomic E-state index is 10.4. The van der Waals surface area contributed by atoms with Gasteiger partial charge in [-0.1, -0.05) is 78.7 Å². The van der Waals surface area contributed by atoms with Gasteiger partial charge in [0.05, 0.1) is 0 Å². The molecule has 1 saturated carbocycles. The minimum Gasteiger partial charge on any atom is -0.504 e. The second-order valence-electron chi connectivity index (χ2n) is 10.7. The van der Waals surface area contributed by atoms with Gasteiger partial charge in [0, 0.05) is 5.56 Å². The van der Waals surface area contributed by atoms with E-state index in [-0.39, 0.29) is 11.5 Å². The van der Waals surface area contributed by atoms with Gasteiger partial charge < -0.3 is 10.2 Å². The van der Waals surface area contributed by atoms with E-state index in [1.54, 1.807) is 6.07 Å². The van der Waals surface area contributed by atoms with Crippen molar-refractivity contribution < 1.29 is 10.2 Å². The molecule has 0 spiro atoms. The van der Waals surface area contributed by atoms with Gasteiger partial charge in [-0.15, -0.1) is 0 Å². The molecule has 1 fully saturated rings. The summed E-state index contributed by atoms with van der Waals surface area (Å²) in [6.07, 6.45) is 18.7. The summed E-state index contributed by atoms with van der Waals surface area (Å²) in [5, 5.41) is 20.4. The highest BCUT2D eigenvalue weighted by atomic mass is 16.3. The molecule has 0 radical (unpaired) electrons. The van der Waals surface area contributed by atoms with Crippen molar-refractivity contribution in [3.05, 3.63) is 23.3 Å². The summed E-state index contributed by atoms with van der Waals surface area (Å²) < 4.78 is 0. The maximum Gasteiger partial charge on any atom is 0.160 e. The molecule has 0 bridgehead atoms. The van der Waals surface area contributed by atoms with Crippen molar-refractivity contribution >= 4 is 0 Å². The minimum absolute atomic E-state index is 0.0344. The van der Waals surface area contributed by atoms with Crippen LogP contribution in [0.4, 0.5) is 0 Å². The van der Waals surface area contributed by atoms with E-state index in [2.05, 4.69) is 27.7 Å². The topological polar surface area (TPSA) is 40.5 Å². The lowest BCUT2D eigenvalue weighted by atomic mass is 9.84. The summed E-state index contributed by atoms with van der Waals surface area (Å²) in [6.45, 7) is 9.43. The molecule has 166 valence electrons. The summed E-state index contributed by atoms with van der Waals surface area (Å²) in [5.41, 5.74) is 3.38. The van der Waals surface area contributed by atoms with E-state index in [0.29, 0.717) is 10.8 Å². The Bertz CT molecular complexity index is 613. The van der Waals surface area contributed by atoms with E-state index < -0.39 is 0 Å². The molecule has 0 aliphatic heterocycles. The zero-order valence-electron chi connectivity index (χ0n) is 19.7. The van der Waals surface area contributed by atoms with Crippen molar-refractivity contribution in [3.63, 3.8) is 0 Å². The van der Waals surface area contributed by atoms with Crippen molar-refractivity contribution in [2.24, 2.45) is 10.8 Å². The van der Waals surface area contributed by atoms with Crippen LogP contribution < -0.4 is 0 Å². The van der Waals surface area contributed by atoms with E-state index in [0.717, 1.165) is 24.8 Å². The molecule has 0 unspecified atom stereocenters. The molecule has 2 nitrogen and oxygen atoms in total. The van der Waals surface area contributed by atoms with Crippen molar-refractivity contribution in [2.75, 3.05) is 0 Å². The van der Waals surface area contributed by atoms with Crippen molar-refractivity contribution in [1.29, 1.82) is 0 Å². The average Bonchev–Trinajstić information content (AvgIpc) is 3.42. The van der Waals surface area contributed by atoms with Crippen molar-refractivity contribution in [1.82, 2.24) is 0 Å². The Kier molecular flexibility index (Phi) is 9.37. The quantitative estimate of drug-likeness (QED) is 0.229. The molecule has 0 atom stereocenters. The van der Waals surface area contributed by atoms with Crippen LogP contribution in [0.15, 0.2) is 12.1 Å². The van der Waals surface area contributed by atoms with Gasteiger partial charge in [-0.05, 0) is 73.8 Å².